The molecule has 1 aliphatic heterocycles. The monoisotopic (exact) mass is 343 g/mol. The van der Waals surface area contributed by atoms with Crippen LogP contribution in [-0.2, 0) is 11.3 Å². The SMILES string of the molecule is CC1c2cccn2CCN1C(=O)CSc1nc2ccccc2s1. The molecule has 0 saturated heterocycles. The molecule has 0 N–H and O–H groups in total. The second-order valence-corrected chi connectivity index (χ2v) is 7.88. The minimum atomic E-state index is 0.141. The van der Waals surface area contributed by atoms with Crippen molar-refractivity contribution in [2.24, 2.45) is 0 Å². The molecule has 2 aromatic heterocycles. The van der Waals surface area contributed by atoms with Crippen molar-refractivity contribution in [3.63, 3.8) is 0 Å². The summed E-state index contributed by atoms with van der Waals surface area (Å²) in [6, 6.07) is 12.4. The van der Waals surface area contributed by atoms with Crippen LogP contribution in [-0.4, -0.2) is 32.7 Å². The summed E-state index contributed by atoms with van der Waals surface area (Å²) < 4.78 is 4.37. The fraction of sp³-hybridized carbons (Fsp3) is 0.294. The summed E-state index contributed by atoms with van der Waals surface area (Å²) >= 11 is 3.20. The molecule has 1 atom stereocenters. The summed E-state index contributed by atoms with van der Waals surface area (Å²) in [5, 5.41) is 0. The molecule has 118 valence electrons. The number of carbonyl (C=O) groups excluding carboxylic acids is 1. The first-order chi connectivity index (χ1) is 11.2. The number of hydrogen-bond donors (Lipinski definition) is 0. The first-order valence-corrected chi connectivity index (χ1v) is 9.45. The highest BCUT2D eigenvalue weighted by Gasteiger charge is 2.27. The molecule has 23 heavy (non-hydrogen) atoms. The number of nitrogens with zero attached hydrogens (tertiary/aromatic N) is 3. The van der Waals surface area contributed by atoms with Gasteiger partial charge in [0.2, 0.25) is 5.91 Å². The molecule has 3 aromatic rings. The van der Waals surface area contributed by atoms with E-state index in [0.717, 1.165) is 22.9 Å². The molecule has 0 radical (unpaired) electrons. The molecule has 6 heteroatoms. The molecule has 0 spiro atoms. The summed E-state index contributed by atoms with van der Waals surface area (Å²) in [5.41, 5.74) is 2.23. The van der Waals surface area contributed by atoms with E-state index in [0.29, 0.717) is 5.75 Å². The highest BCUT2D eigenvalue weighted by atomic mass is 32.2. The lowest BCUT2D eigenvalue weighted by Crippen LogP contribution is -2.41. The maximum Gasteiger partial charge on any atom is 0.233 e. The largest absolute Gasteiger partial charge is 0.348 e. The smallest absolute Gasteiger partial charge is 0.233 e. The number of thioether (sulfide) groups is 1. The Balaban J connectivity index is 1.44. The predicted molar refractivity (Wildman–Crippen MR) is 94.9 cm³/mol. The number of fused-ring (bicyclic) bond motifs is 2. The molecular weight excluding hydrogens is 326 g/mol. The topological polar surface area (TPSA) is 38.1 Å². The second-order valence-electron chi connectivity index (χ2n) is 5.63. The lowest BCUT2D eigenvalue weighted by Gasteiger charge is -2.34. The van der Waals surface area contributed by atoms with Crippen molar-refractivity contribution in [3.8, 4) is 0 Å². The molecule has 0 saturated carbocycles. The van der Waals surface area contributed by atoms with Gasteiger partial charge in [-0.1, -0.05) is 23.9 Å². The molecule has 0 fully saturated rings. The molecule has 1 aromatic carbocycles. The number of hydrogen-bond acceptors (Lipinski definition) is 4. The van der Waals surface area contributed by atoms with E-state index in [9.17, 15) is 4.79 Å². The van der Waals surface area contributed by atoms with Crippen LogP contribution in [0.3, 0.4) is 0 Å². The van der Waals surface area contributed by atoms with E-state index in [1.807, 2.05) is 23.1 Å². The first-order valence-electron chi connectivity index (χ1n) is 7.65. The van der Waals surface area contributed by atoms with Gasteiger partial charge in [0.25, 0.3) is 0 Å². The van der Waals surface area contributed by atoms with Gasteiger partial charge in [-0.2, -0.15) is 0 Å². The highest BCUT2D eigenvalue weighted by Crippen LogP contribution is 2.31. The fourth-order valence-electron chi connectivity index (χ4n) is 3.04. The summed E-state index contributed by atoms with van der Waals surface area (Å²) in [6.07, 6.45) is 2.09. The molecule has 4 rings (SSSR count). The van der Waals surface area contributed by atoms with Crippen molar-refractivity contribution in [2.45, 2.75) is 23.8 Å². The van der Waals surface area contributed by atoms with Crippen LogP contribution < -0.4 is 0 Å². The quantitative estimate of drug-likeness (QED) is 0.679. The molecule has 4 nitrogen and oxygen atoms in total. The van der Waals surface area contributed by atoms with Gasteiger partial charge in [-0.15, -0.1) is 11.3 Å². The first kappa shape index (κ1) is 14.8. The number of amides is 1. The molecule has 1 amide bonds. The number of thiazole rings is 1. The number of carbonyl (C=O) groups is 1. The predicted octanol–water partition coefficient (Wildman–Crippen LogP) is 3.79. The third-order valence-corrected chi connectivity index (χ3v) is 6.42. The van der Waals surface area contributed by atoms with E-state index < -0.39 is 0 Å². The summed E-state index contributed by atoms with van der Waals surface area (Å²) in [6.45, 7) is 3.76. The van der Waals surface area contributed by atoms with Gasteiger partial charge in [-0.05, 0) is 31.2 Å². The average molecular weight is 343 g/mol. The van der Waals surface area contributed by atoms with Crippen LogP contribution in [0.25, 0.3) is 10.2 Å². The van der Waals surface area contributed by atoms with E-state index in [-0.39, 0.29) is 11.9 Å². The third-order valence-electron chi connectivity index (χ3n) is 4.26. The Labute approximate surface area is 143 Å². The van der Waals surface area contributed by atoms with Gasteiger partial charge in [0.15, 0.2) is 4.34 Å². The van der Waals surface area contributed by atoms with Crippen LogP contribution in [0.5, 0.6) is 0 Å². The van der Waals surface area contributed by atoms with Crippen molar-refractivity contribution in [2.75, 3.05) is 12.3 Å². The van der Waals surface area contributed by atoms with Crippen LogP contribution in [0.2, 0.25) is 0 Å². The Morgan fingerprint density at radius 2 is 2.17 bits per heavy atom. The lowest BCUT2D eigenvalue weighted by molar-refractivity contribution is -0.131. The molecule has 0 bridgehead atoms. The van der Waals surface area contributed by atoms with Crippen molar-refractivity contribution < 1.29 is 4.79 Å². The van der Waals surface area contributed by atoms with Crippen LogP contribution in [0, 0.1) is 0 Å². The van der Waals surface area contributed by atoms with E-state index in [1.54, 1.807) is 23.1 Å². The molecule has 1 aliphatic rings. The molecule has 3 heterocycles. The summed E-state index contributed by atoms with van der Waals surface area (Å²) in [7, 11) is 0. The number of benzene rings is 1. The van der Waals surface area contributed by atoms with E-state index in [4.69, 9.17) is 0 Å². The maximum absolute atomic E-state index is 12.6. The Kier molecular flexibility index (Phi) is 3.87. The Hall–Kier alpha value is -1.79. The zero-order valence-corrected chi connectivity index (χ0v) is 14.4. The van der Waals surface area contributed by atoms with E-state index >= 15 is 0 Å². The van der Waals surface area contributed by atoms with Crippen molar-refractivity contribution in [1.29, 1.82) is 0 Å². The minimum absolute atomic E-state index is 0.141. The van der Waals surface area contributed by atoms with Gasteiger partial charge in [0.05, 0.1) is 22.0 Å². The van der Waals surface area contributed by atoms with Gasteiger partial charge in [0.1, 0.15) is 0 Å². The lowest BCUT2D eigenvalue weighted by atomic mass is 10.1. The Morgan fingerprint density at radius 3 is 3.04 bits per heavy atom. The normalized spacial score (nSPS) is 17.4. The zero-order chi connectivity index (χ0) is 15.8. The van der Waals surface area contributed by atoms with Crippen LogP contribution >= 0.6 is 23.1 Å². The van der Waals surface area contributed by atoms with Crippen molar-refractivity contribution in [1.82, 2.24) is 14.5 Å². The molecule has 0 aliphatic carbocycles. The van der Waals surface area contributed by atoms with Crippen LogP contribution in [0.15, 0.2) is 46.9 Å². The van der Waals surface area contributed by atoms with E-state index in [1.165, 1.54) is 10.4 Å². The van der Waals surface area contributed by atoms with Gasteiger partial charge >= 0.3 is 0 Å². The van der Waals surface area contributed by atoms with Crippen molar-refractivity contribution in [3.05, 3.63) is 48.3 Å². The number of rotatable bonds is 3. The van der Waals surface area contributed by atoms with Gasteiger partial charge in [0, 0.05) is 25.0 Å². The standard InChI is InChI=1S/C17H17N3OS2/c1-12-14-6-4-8-19(14)9-10-20(12)16(21)11-22-17-18-13-5-2-3-7-15(13)23-17/h2-8,12H,9-11H2,1H3. The maximum atomic E-state index is 12.6. The summed E-state index contributed by atoms with van der Waals surface area (Å²) in [5.74, 6) is 0.638. The van der Waals surface area contributed by atoms with Crippen LogP contribution in [0.1, 0.15) is 18.7 Å². The Morgan fingerprint density at radius 1 is 1.30 bits per heavy atom. The van der Waals surface area contributed by atoms with Gasteiger partial charge < -0.3 is 9.47 Å². The van der Waals surface area contributed by atoms with Crippen molar-refractivity contribution >= 4 is 39.2 Å². The zero-order valence-electron chi connectivity index (χ0n) is 12.8. The summed E-state index contributed by atoms with van der Waals surface area (Å²) in [4.78, 5) is 19.2. The Bertz CT molecular complexity index is 821. The average Bonchev–Trinajstić information content (AvgIpc) is 3.19. The fourth-order valence-corrected chi connectivity index (χ4v) is 4.99. The number of para-hydroxylation sites is 1. The molecular formula is C17H17N3OS2. The molecule has 1 unspecified atom stereocenters. The van der Waals surface area contributed by atoms with E-state index in [2.05, 4.69) is 40.9 Å². The minimum Gasteiger partial charge on any atom is -0.348 e. The van der Waals surface area contributed by atoms with Gasteiger partial charge in [-0.3, -0.25) is 4.79 Å². The second kappa shape index (κ2) is 6.02. The third kappa shape index (κ3) is 2.77. The number of aromatic nitrogens is 2. The van der Waals surface area contributed by atoms with Crippen LogP contribution in [0.4, 0.5) is 0 Å². The highest BCUT2D eigenvalue weighted by molar-refractivity contribution is 8.01. The van der Waals surface area contributed by atoms with Gasteiger partial charge in [-0.25, -0.2) is 4.98 Å².